The van der Waals surface area contributed by atoms with Crippen LogP contribution >= 0.6 is 0 Å². The average molecular weight is 333 g/mol. The van der Waals surface area contributed by atoms with Crippen molar-refractivity contribution in [3.63, 3.8) is 0 Å². The molecule has 0 atom stereocenters. The topological polar surface area (TPSA) is 46.9 Å². The number of hydrogen-bond donors (Lipinski definition) is 1. The molecule has 0 bridgehead atoms. The lowest BCUT2D eigenvalue weighted by atomic mass is 10.0. The summed E-state index contributed by atoms with van der Waals surface area (Å²) >= 11 is 0. The lowest BCUT2D eigenvalue weighted by Gasteiger charge is -2.10. The minimum absolute atomic E-state index is 0.0117. The molecule has 0 saturated heterocycles. The van der Waals surface area contributed by atoms with Crippen LogP contribution in [0.1, 0.15) is 23.7 Å². The van der Waals surface area contributed by atoms with Gasteiger partial charge in [-0.3, -0.25) is 4.79 Å². The van der Waals surface area contributed by atoms with Crippen LogP contribution in [0.5, 0.6) is 0 Å². The second-order valence-electron chi connectivity index (χ2n) is 6.33. The van der Waals surface area contributed by atoms with Gasteiger partial charge in [0, 0.05) is 19.7 Å². The Balaban J connectivity index is 1.81. The predicted molar refractivity (Wildman–Crippen MR) is 101 cm³/mol. The first-order valence-electron chi connectivity index (χ1n) is 8.50. The van der Waals surface area contributed by atoms with Crippen LogP contribution in [0.25, 0.3) is 16.8 Å². The molecular formula is C21H23N3O. The van der Waals surface area contributed by atoms with Gasteiger partial charge >= 0.3 is 0 Å². The lowest BCUT2D eigenvalue weighted by Crippen LogP contribution is -2.22. The first-order chi connectivity index (χ1) is 12.0. The first-order valence-corrected chi connectivity index (χ1v) is 8.50. The van der Waals surface area contributed by atoms with Crippen molar-refractivity contribution in [1.29, 1.82) is 0 Å². The molecule has 4 heteroatoms. The first kappa shape index (κ1) is 17.0. The maximum atomic E-state index is 10.9. The van der Waals surface area contributed by atoms with Crippen LogP contribution in [-0.2, 0) is 11.2 Å². The molecule has 128 valence electrons. The molecule has 3 rings (SSSR count). The van der Waals surface area contributed by atoms with Crippen molar-refractivity contribution in [2.75, 3.05) is 6.54 Å². The van der Waals surface area contributed by atoms with E-state index in [0.717, 1.165) is 17.8 Å². The molecule has 1 amide bonds. The molecule has 1 aromatic heterocycles. The van der Waals surface area contributed by atoms with E-state index in [-0.39, 0.29) is 5.91 Å². The third kappa shape index (κ3) is 4.15. The van der Waals surface area contributed by atoms with E-state index in [1.165, 1.54) is 22.3 Å². The highest BCUT2D eigenvalue weighted by Gasteiger charge is 2.06. The zero-order valence-electron chi connectivity index (χ0n) is 14.9. The molecule has 0 fully saturated rings. The van der Waals surface area contributed by atoms with Crippen LogP contribution in [0.15, 0.2) is 54.7 Å². The van der Waals surface area contributed by atoms with E-state index >= 15 is 0 Å². The van der Waals surface area contributed by atoms with Crippen molar-refractivity contribution < 1.29 is 4.79 Å². The van der Waals surface area contributed by atoms with Crippen molar-refractivity contribution >= 4 is 5.91 Å². The van der Waals surface area contributed by atoms with Gasteiger partial charge in [-0.25, -0.2) is 4.68 Å². The van der Waals surface area contributed by atoms with Crippen LogP contribution in [0.2, 0.25) is 0 Å². The molecule has 0 saturated carbocycles. The number of amides is 1. The fraction of sp³-hybridized carbons (Fsp3) is 0.238. The third-order valence-electron chi connectivity index (χ3n) is 4.25. The summed E-state index contributed by atoms with van der Waals surface area (Å²) in [6.07, 6.45) is 2.83. The highest BCUT2D eigenvalue weighted by molar-refractivity contribution is 5.72. The third-order valence-corrected chi connectivity index (χ3v) is 4.25. The molecule has 0 aliphatic carbocycles. The van der Waals surface area contributed by atoms with Gasteiger partial charge in [0.15, 0.2) is 0 Å². The largest absolute Gasteiger partial charge is 0.356 e. The van der Waals surface area contributed by atoms with E-state index in [0.29, 0.717) is 6.54 Å². The predicted octanol–water partition coefficient (Wildman–Crippen LogP) is 3.83. The van der Waals surface area contributed by atoms with Crippen LogP contribution in [0.4, 0.5) is 0 Å². The van der Waals surface area contributed by atoms with Gasteiger partial charge in [0.25, 0.3) is 0 Å². The van der Waals surface area contributed by atoms with Gasteiger partial charge in [-0.2, -0.15) is 5.10 Å². The van der Waals surface area contributed by atoms with Crippen LogP contribution < -0.4 is 5.32 Å². The van der Waals surface area contributed by atoms with Gasteiger partial charge in [-0.15, -0.1) is 0 Å². The second kappa shape index (κ2) is 7.34. The zero-order valence-corrected chi connectivity index (χ0v) is 14.9. The Morgan fingerprint density at radius 3 is 2.40 bits per heavy atom. The smallest absolute Gasteiger partial charge is 0.216 e. The fourth-order valence-electron chi connectivity index (χ4n) is 2.83. The van der Waals surface area contributed by atoms with Crippen molar-refractivity contribution in [2.45, 2.75) is 27.2 Å². The highest BCUT2D eigenvalue weighted by Crippen LogP contribution is 2.25. The average Bonchev–Trinajstić information content (AvgIpc) is 3.02. The van der Waals surface area contributed by atoms with Gasteiger partial charge in [0.2, 0.25) is 5.91 Å². The summed E-state index contributed by atoms with van der Waals surface area (Å²) in [6.45, 7) is 6.30. The van der Waals surface area contributed by atoms with E-state index in [2.05, 4.69) is 59.8 Å². The molecule has 3 aromatic rings. The minimum Gasteiger partial charge on any atom is -0.356 e. The molecule has 25 heavy (non-hydrogen) atoms. The van der Waals surface area contributed by atoms with Crippen molar-refractivity contribution in [3.8, 4) is 16.8 Å². The Morgan fingerprint density at radius 2 is 1.76 bits per heavy atom. The van der Waals surface area contributed by atoms with Crippen LogP contribution in [-0.4, -0.2) is 22.2 Å². The van der Waals surface area contributed by atoms with E-state index < -0.39 is 0 Å². The molecule has 0 aliphatic heterocycles. The molecule has 1 N–H and O–H groups in total. The van der Waals surface area contributed by atoms with Gasteiger partial charge in [-0.05, 0) is 54.7 Å². The van der Waals surface area contributed by atoms with E-state index in [1.54, 1.807) is 6.92 Å². The van der Waals surface area contributed by atoms with Crippen molar-refractivity contribution in [3.05, 3.63) is 71.5 Å². The summed E-state index contributed by atoms with van der Waals surface area (Å²) < 4.78 is 1.93. The summed E-state index contributed by atoms with van der Waals surface area (Å²) in [6, 6.07) is 17.0. The fourth-order valence-corrected chi connectivity index (χ4v) is 2.83. The maximum Gasteiger partial charge on any atom is 0.216 e. The number of nitrogens with one attached hydrogen (secondary N) is 1. The van der Waals surface area contributed by atoms with E-state index in [4.69, 9.17) is 0 Å². The highest BCUT2D eigenvalue weighted by atomic mass is 16.1. The number of carbonyl (C=O) groups is 1. The standard InChI is InChI=1S/C21H23N3O/c1-15-4-7-20(14-21(15)24-13-11-16(2)23-24)19-8-5-18(6-9-19)10-12-22-17(3)25/h4-9,11,13-14H,10,12H2,1-3H3,(H,22,25). The number of carbonyl (C=O) groups excluding carboxylic acids is 1. The van der Waals surface area contributed by atoms with Gasteiger partial charge in [0.05, 0.1) is 11.4 Å². The molecule has 4 nitrogen and oxygen atoms in total. The molecule has 0 spiro atoms. The Kier molecular flexibility index (Phi) is 4.98. The van der Waals surface area contributed by atoms with Gasteiger partial charge < -0.3 is 5.32 Å². The molecule has 0 aliphatic rings. The Hall–Kier alpha value is -2.88. The summed E-state index contributed by atoms with van der Waals surface area (Å²) in [7, 11) is 0. The SMILES string of the molecule is CC(=O)NCCc1ccc(-c2ccc(C)c(-n3ccc(C)n3)c2)cc1. The summed E-state index contributed by atoms with van der Waals surface area (Å²) in [5.41, 5.74) is 6.86. The quantitative estimate of drug-likeness (QED) is 0.771. The molecule has 0 radical (unpaired) electrons. The van der Waals surface area contributed by atoms with Crippen molar-refractivity contribution in [1.82, 2.24) is 15.1 Å². The summed E-state index contributed by atoms with van der Waals surface area (Å²) in [5.74, 6) is 0.0117. The molecule has 0 unspecified atom stereocenters. The van der Waals surface area contributed by atoms with E-state index in [9.17, 15) is 4.79 Å². The maximum absolute atomic E-state index is 10.9. The molecule has 2 aromatic carbocycles. The zero-order chi connectivity index (χ0) is 17.8. The Labute approximate surface area is 148 Å². The monoisotopic (exact) mass is 333 g/mol. The lowest BCUT2D eigenvalue weighted by molar-refractivity contribution is -0.118. The minimum atomic E-state index is 0.0117. The van der Waals surface area contributed by atoms with E-state index in [1.807, 2.05) is 23.9 Å². The molecular weight excluding hydrogens is 310 g/mol. The second-order valence-corrected chi connectivity index (χ2v) is 6.33. The number of rotatable bonds is 5. The summed E-state index contributed by atoms with van der Waals surface area (Å²) in [5, 5.41) is 7.35. The van der Waals surface area contributed by atoms with Crippen LogP contribution in [0, 0.1) is 13.8 Å². The molecule has 1 heterocycles. The summed E-state index contributed by atoms with van der Waals surface area (Å²) in [4.78, 5) is 10.9. The number of hydrogen-bond acceptors (Lipinski definition) is 2. The van der Waals surface area contributed by atoms with Crippen LogP contribution in [0.3, 0.4) is 0 Å². The Morgan fingerprint density at radius 1 is 1.04 bits per heavy atom. The number of aryl methyl sites for hydroxylation is 2. The number of aromatic nitrogens is 2. The van der Waals surface area contributed by atoms with Crippen molar-refractivity contribution in [2.24, 2.45) is 0 Å². The number of benzene rings is 2. The normalized spacial score (nSPS) is 10.7. The van der Waals surface area contributed by atoms with Gasteiger partial charge in [0.1, 0.15) is 0 Å². The number of nitrogens with zero attached hydrogens (tertiary/aromatic N) is 2. The van der Waals surface area contributed by atoms with Gasteiger partial charge in [-0.1, -0.05) is 36.4 Å². The Bertz CT molecular complexity index is 878.